The first-order valence-electron chi connectivity index (χ1n) is 7.65. The molecule has 0 amide bonds. The van der Waals surface area contributed by atoms with Crippen LogP contribution in [0.15, 0.2) is 24.4 Å². The van der Waals surface area contributed by atoms with Crippen LogP contribution >= 0.6 is 0 Å². The van der Waals surface area contributed by atoms with Crippen molar-refractivity contribution in [3.05, 3.63) is 30.1 Å². The van der Waals surface area contributed by atoms with Gasteiger partial charge in [-0.3, -0.25) is 9.88 Å². The molecule has 2 saturated carbocycles. The second-order valence-corrected chi connectivity index (χ2v) is 6.22. The lowest BCUT2D eigenvalue weighted by Gasteiger charge is -2.32. The number of hydrogen-bond acceptors (Lipinski definition) is 3. The molecule has 4 atom stereocenters. The molecule has 0 radical (unpaired) electrons. The Labute approximate surface area is 116 Å². The van der Waals surface area contributed by atoms with Gasteiger partial charge in [0.1, 0.15) is 0 Å². The van der Waals surface area contributed by atoms with Crippen molar-refractivity contribution in [2.75, 3.05) is 13.1 Å². The fourth-order valence-electron chi connectivity index (χ4n) is 4.05. The number of pyridine rings is 1. The molecular formula is C16H25N3. The molecule has 104 valence electrons. The molecule has 2 aliphatic rings. The Hall–Kier alpha value is -0.930. The maximum absolute atomic E-state index is 6.42. The van der Waals surface area contributed by atoms with Crippen LogP contribution in [0, 0.1) is 17.8 Å². The Morgan fingerprint density at radius 1 is 1.32 bits per heavy atom. The number of rotatable bonds is 5. The highest BCUT2D eigenvalue weighted by Crippen LogP contribution is 2.47. The van der Waals surface area contributed by atoms with Gasteiger partial charge in [-0.05, 0) is 55.7 Å². The third-order valence-corrected chi connectivity index (χ3v) is 5.19. The van der Waals surface area contributed by atoms with E-state index in [-0.39, 0.29) is 0 Å². The fourth-order valence-corrected chi connectivity index (χ4v) is 4.05. The maximum atomic E-state index is 6.42. The van der Waals surface area contributed by atoms with Gasteiger partial charge in [0.2, 0.25) is 0 Å². The van der Waals surface area contributed by atoms with E-state index in [9.17, 15) is 0 Å². The summed E-state index contributed by atoms with van der Waals surface area (Å²) in [5, 5.41) is 0. The molecule has 3 rings (SSSR count). The third-order valence-electron chi connectivity index (χ3n) is 5.19. The summed E-state index contributed by atoms with van der Waals surface area (Å²) in [6, 6.07) is 6.60. The Bertz CT molecular complexity index is 404. The number of nitrogens with two attached hydrogens (primary N) is 1. The summed E-state index contributed by atoms with van der Waals surface area (Å²) in [5.41, 5.74) is 7.59. The molecule has 1 heterocycles. The minimum absolute atomic E-state index is 0.441. The molecule has 1 aromatic rings. The van der Waals surface area contributed by atoms with Gasteiger partial charge in [0.25, 0.3) is 0 Å². The summed E-state index contributed by atoms with van der Waals surface area (Å²) in [5.74, 6) is 2.41. The summed E-state index contributed by atoms with van der Waals surface area (Å²) in [4.78, 5) is 6.94. The number of hydrogen-bond donors (Lipinski definition) is 1. The first-order chi connectivity index (χ1) is 9.28. The van der Waals surface area contributed by atoms with Gasteiger partial charge in [-0.1, -0.05) is 13.0 Å². The van der Waals surface area contributed by atoms with Crippen LogP contribution in [0.4, 0.5) is 0 Å². The molecular weight excluding hydrogens is 234 g/mol. The maximum Gasteiger partial charge on any atom is 0.0543 e. The summed E-state index contributed by atoms with van der Waals surface area (Å²) < 4.78 is 0. The molecule has 2 bridgehead atoms. The lowest BCUT2D eigenvalue weighted by atomic mass is 9.84. The highest BCUT2D eigenvalue weighted by molar-refractivity contribution is 5.04. The largest absolute Gasteiger partial charge is 0.327 e. The van der Waals surface area contributed by atoms with Gasteiger partial charge in [0.15, 0.2) is 0 Å². The topological polar surface area (TPSA) is 42.2 Å². The van der Waals surface area contributed by atoms with Crippen LogP contribution in [0.5, 0.6) is 0 Å². The SMILES string of the molecule is CCN(Cc1ccccn1)CC1C2CCC(C2)C1N. The standard InChI is InChI=1S/C16H25N3/c1-2-19(10-14-5-3-4-8-18-14)11-15-12-6-7-13(9-12)16(15)17/h3-5,8,12-13,15-16H,2,6-7,9-11,17H2,1H3. The summed E-state index contributed by atoms with van der Waals surface area (Å²) >= 11 is 0. The Morgan fingerprint density at radius 2 is 2.16 bits per heavy atom. The van der Waals surface area contributed by atoms with Crippen LogP contribution in [0.25, 0.3) is 0 Å². The highest BCUT2D eigenvalue weighted by Gasteiger charge is 2.45. The van der Waals surface area contributed by atoms with Crippen molar-refractivity contribution < 1.29 is 0 Å². The van der Waals surface area contributed by atoms with Crippen molar-refractivity contribution in [3.63, 3.8) is 0 Å². The van der Waals surface area contributed by atoms with E-state index in [4.69, 9.17) is 5.73 Å². The average molecular weight is 259 g/mol. The number of nitrogens with zero attached hydrogens (tertiary/aromatic N) is 2. The molecule has 4 unspecified atom stereocenters. The first kappa shape index (κ1) is 13.1. The third kappa shape index (κ3) is 2.67. The van der Waals surface area contributed by atoms with Gasteiger partial charge < -0.3 is 5.73 Å². The van der Waals surface area contributed by atoms with Crippen LogP contribution in [0.2, 0.25) is 0 Å². The van der Waals surface area contributed by atoms with E-state index in [0.717, 1.165) is 31.5 Å². The Morgan fingerprint density at radius 3 is 2.79 bits per heavy atom. The van der Waals surface area contributed by atoms with Crippen molar-refractivity contribution in [1.29, 1.82) is 0 Å². The molecule has 3 nitrogen and oxygen atoms in total. The molecule has 1 aromatic heterocycles. The predicted octanol–water partition coefficient (Wildman–Crippen LogP) is 2.28. The van der Waals surface area contributed by atoms with E-state index in [0.29, 0.717) is 12.0 Å². The van der Waals surface area contributed by atoms with Gasteiger partial charge in [0.05, 0.1) is 5.69 Å². The molecule has 0 aliphatic heterocycles. The molecule has 0 aromatic carbocycles. The minimum atomic E-state index is 0.441. The Kier molecular flexibility index (Phi) is 3.85. The van der Waals surface area contributed by atoms with Crippen LogP contribution in [-0.2, 0) is 6.54 Å². The fraction of sp³-hybridized carbons (Fsp3) is 0.688. The predicted molar refractivity (Wildman–Crippen MR) is 77.5 cm³/mol. The van der Waals surface area contributed by atoms with Gasteiger partial charge in [-0.25, -0.2) is 0 Å². The zero-order chi connectivity index (χ0) is 13.2. The molecule has 3 heteroatoms. The second-order valence-electron chi connectivity index (χ2n) is 6.22. The summed E-state index contributed by atoms with van der Waals surface area (Å²) in [6.45, 7) is 5.42. The normalized spacial score (nSPS) is 33.2. The van der Waals surface area contributed by atoms with Crippen LogP contribution < -0.4 is 5.73 Å². The number of aromatic nitrogens is 1. The van der Waals surface area contributed by atoms with Crippen molar-refractivity contribution in [3.8, 4) is 0 Å². The second kappa shape index (κ2) is 5.59. The highest BCUT2D eigenvalue weighted by atomic mass is 15.1. The number of fused-ring (bicyclic) bond motifs is 2. The molecule has 2 fully saturated rings. The van der Waals surface area contributed by atoms with Crippen LogP contribution in [0.3, 0.4) is 0 Å². The quantitative estimate of drug-likeness (QED) is 0.882. The average Bonchev–Trinajstić information content (AvgIpc) is 3.02. The monoisotopic (exact) mass is 259 g/mol. The van der Waals surface area contributed by atoms with Crippen LogP contribution in [0.1, 0.15) is 31.9 Å². The molecule has 0 saturated heterocycles. The van der Waals surface area contributed by atoms with Gasteiger partial charge in [0, 0.05) is 25.3 Å². The van der Waals surface area contributed by atoms with E-state index in [1.54, 1.807) is 0 Å². The van der Waals surface area contributed by atoms with Gasteiger partial charge in [-0.15, -0.1) is 0 Å². The van der Waals surface area contributed by atoms with E-state index >= 15 is 0 Å². The minimum Gasteiger partial charge on any atom is -0.327 e. The molecule has 2 N–H and O–H groups in total. The molecule has 2 aliphatic carbocycles. The van der Waals surface area contributed by atoms with Crippen LogP contribution in [-0.4, -0.2) is 29.0 Å². The van der Waals surface area contributed by atoms with Crippen molar-refractivity contribution in [2.45, 2.75) is 38.8 Å². The summed E-state index contributed by atoms with van der Waals surface area (Å²) in [6.07, 6.45) is 6.04. The lowest BCUT2D eigenvalue weighted by molar-refractivity contribution is 0.173. The molecule has 0 spiro atoms. The smallest absolute Gasteiger partial charge is 0.0543 e. The van der Waals surface area contributed by atoms with Gasteiger partial charge in [-0.2, -0.15) is 0 Å². The lowest BCUT2D eigenvalue weighted by Crippen LogP contribution is -2.42. The van der Waals surface area contributed by atoms with Crippen molar-refractivity contribution in [1.82, 2.24) is 9.88 Å². The van der Waals surface area contributed by atoms with Crippen molar-refractivity contribution >= 4 is 0 Å². The van der Waals surface area contributed by atoms with E-state index in [2.05, 4.69) is 28.9 Å². The first-order valence-corrected chi connectivity index (χ1v) is 7.65. The zero-order valence-corrected chi connectivity index (χ0v) is 11.8. The van der Waals surface area contributed by atoms with E-state index in [1.165, 1.54) is 25.0 Å². The van der Waals surface area contributed by atoms with Gasteiger partial charge >= 0.3 is 0 Å². The summed E-state index contributed by atoms with van der Waals surface area (Å²) in [7, 11) is 0. The van der Waals surface area contributed by atoms with E-state index in [1.807, 2.05) is 12.3 Å². The Balaban J connectivity index is 1.61. The zero-order valence-electron chi connectivity index (χ0n) is 11.8. The van der Waals surface area contributed by atoms with E-state index < -0.39 is 0 Å². The molecule has 19 heavy (non-hydrogen) atoms. The van der Waals surface area contributed by atoms with Crippen molar-refractivity contribution in [2.24, 2.45) is 23.5 Å².